The third-order valence-electron chi connectivity index (χ3n) is 5.28. The molecule has 4 rings (SSSR count). The molecular formula is C21H25N3O3S. The van der Waals surface area contributed by atoms with Gasteiger partial charge in [0.2, 0.25) is 0 Å². The van der Waals surface area contributed by atoms with Crippen LogP contribution >= 0.6 is 11.3 Å². The Morgan fingerprint density at radius 2 is 2.14 bits per heavy atom. The topological polar surface area (TPSA) is 76.2 Å². The van der Waals surface area contributed by atoms with Gasteiger partial charge in [-0.15, -0.1) is 11.3 Å². The lowest BCUT2D eigenvalue weighted by Gasteiger charge is -2.29. The number of aromatic amines is 1. The molecule has 0 radical (unpaired) electrons. The van der Waals surface area contributed by atoms with E-state index in [0.29, 0.717) is 18.8 Å². The molecule has 0 atom stereocenters. The Morgan fingerprint density at radius 3 is 2.89 bits per heavy atom. The molecule has 7 heteroatoms. The molecular weight excluding hydrogens is 374 g/mol. The Balaban J connectivity index is 1.44. The Morgan fingerprint density at radius 1 is 1.29 bits per heavy atom. The van der Waals surface area contributed by atoms with Crippen LogP contribution in [0.2, 0.25) is 0 Å². The molecule has 6 nitrogen and oxygen atoms in total. The van der Waals surface area contributed by atoms with E-state index in [1.54, 1.807) is 24.0 Å². The first-order valence-electron chi connectivity index (χ1n) is 9.66. The number of hydrogen-bond donors (Lipinski definition) is 2. The van der Waals surface area contributed by atoms with Crippen LogP contribution in [-0.2, 0) is 9.47 Å². The van der Waals surface area contributed by atoms with Crippen LogP contribution in [-0.4, -0.2) is 48.3 Å². The second-order valence-electron chi connectivity index (χ2n) is 7.14. The molecule has 1 amide bonds. The number of thiazole rings is 1. The van der Waals surface area contributed by atoms with Crippen LogP contribution in [0, 0.1) is 0 Å². The zero-order valence-electron chi connectivity index (χ0n) is 15.9. The number of carbonyl (C=O) groups is 1. The average molecular weight is 400 g/mol. The zero-order chi connectivity index (χ0) is 19.3. The quantitative estimate of drug-likeness (QED) is 0.589. The van der Waals surface area contributed by atoms with Gasteiger partial charge in [0.25, 0.3) is 5.91 Å². The van der Waals surface area contributed by atoms with E-state index in [4.69, 9.17) is 9.47 Å². The monoisotopic (exact) mass is 399 g/mol. The fraction of sp³-hybridized carbons (Fsp3) is 0.429. The van der Waals surface area contributed by atoms with E-state index in [1.165, 1.54) is 0 Å². The molecule has 1 aromatic carbocycles. The minimum absolute atomic E-state index is 0.0142. The number of nitrogens with one attached hydrogen (secondary N) is 2. The van der Waals surface area contributed by atoms with Crippen LogP contribution in [0.5, 0.6) is 0 Å². The number of ether oxygens (including phenoxy) is 2. The number of benzene rings is 1. The van der Waals surface area contributed by atoms with Gasteiger partial charge in [-0.1, -0.05) is 0 Å². The largest absolute Gasteiger partial charge is 0.382 e. The van der Waals surface area contributed by atoms with Gasteiger partial charge in [0.15, 0.2) is 0 Å². The van der Waals surface area contributed by atoms with Crippen molar-refractivity contribution in [3.05, 3.63) is 41.7 Å². The SMILES string of the molecule is COCCOC1CCC(NC(=O)c2cc(-c3cncs3)cc3[nH]ccc23)CC1. The van der Waals surface area contributed by atoms with Gasteiger partial charge in [0.1, 0.15) is 0 Å². The van der Waals surface area contributed by atoms with Crippen molar-refractivity contribution in [2.24, 2.45) is 0 Å². The predicted molar refractivity (Wildman–Crippen MR) is 111 cm³/mol. The van der Waals surface area contributed by atoms with Crippen molar-refractivity contribution in [1.29, 1.82) is 0 Å². The smallest absolute Gasteiger partial charge is 0.252 e. The minimum atomic E-state index is -0.0142. The Hall–Kier alpha value is -2.22. The molecule has 0 spiro atoms. The third kappa shape index (κ3) is 4.27. The molecule has 2 aromatic heterocycles. The van der Waals surface area contributed by atoms with E-state index >= 15 is 0 Å². The van der Waals surface area contributed by atoms with Crippen molar-refractivity contribution in [3.63, 3.8) is 0 Å². The predicted octanol–water partition coefficient (Wildman–Crippen LogP) is 4.00. The Labute approximate surface area is 168 Å². The second kappa shape index (κ2) is 8.86. The van der Waals surface area contributed by atoms with Crippen LogP contribution in [0.1, 0.15) is 36.0 Å². The average Bonchev–Trinajstić information content (AvgIpc) is 3.40. The van der Waals surface area contributed by atoms with Gasteiger partial charge in [-0.05, 0) is 49.4 Å². The number of hydrogen-bond acceptors (Lipinski definition) is 5. The van der Waals surface area contributed by atoms with E-state index in [-0.39, 0.29) is 18.1 Å². The molecule has 1 fully saturated rings. The molecule has 3 aromatic rings. The number of carbonyl (C=O) groups excluding carboxylic acids is 1. The van der Waals surface area contributed by atoms with Crippen molar-refractivity contribution in [1.82, 2.24) is 15.3 Å². The third-order valence-corrected chi connectivity index (χ3v) is 6.10. The van der Waals surface area contributed by atoms with Gasteiger partial charge >= 0.3 is 0 Å². The van der Waals surface area contributed by atoms with Gasteiger partial charge < -0.3 is 19.8 Å². The second-order valence-corrected chi connectivity index (χ2v) is 8.03. The Bertz CT molecular complexity index is 914. The maximum absolute atomic E-state index is 13.1. The first kappa shape index (κ1) is 19.1. The number of nitrogens with zero attached hydrogens (tertiary/aromatic N) is 1. The maximum atomic E-state index is 13.1. The summed E-state index contributed by atoms with van der Waals surface area (Å²) in [5.41, 5.74) is 4.49. The summed E-state index contributed by atoms with van der Waals surface area (Å²) >= 11 is 1.57. The summed E-state index contributed by atoms with van der Waals surface area (Å²) < 4.78 is 10.9. The van der Waals surface area contributed by atoms with Crippen LogP contribution in [0.4, 0.5) is 0 Å². The number of aromatic nitrogens is 2. The van der Waals surface area contributed by atoms with Gasteiger partial charge in [-0.2, -0.15) is 0 Å². The summed E-state index contributed by atoms with van der Waals surface area (Å²) in [4.78, 5) is 21.5. The fourth-order valence-corrected chi connectivity index (χ4v) is 4.40. The van der Waals surface area contributed by atoms with E-state index in [0.717, 1.165) is 47.0 Å². The highest BCUT2D eigenvalue weighted by Crippen LogP contribution is 2.30. The van der Waals surface area contributed by atoms with Crippen LogP contribution in [0.3, 0.4) is 0 Å². The van der Waals surface area contributed by atoms with E-state index in [2.05, 4.69) is 21.4 Å². The van der Waals surface area contributed by atoms with E-state index in [1.807, 2.05) is 24.5 Å². The van der Waals surface area contributed by atoms with Gasteiger partial charge in [-0.25, -0.2) is 0 Å². The van der Waals surface area contributed by atoms with E-state index in [9.17, 15) is 4.79 Å². The summed E-state index contributed by atoms with van der Waals surface area (Å²) in [6.07, 6.45) is 7.79. The van der Waals surface area contributed by atoms with Crippen molar-refractivity contribution >= 4 is 28.1 Å². The lowest BCUT2D eigenvalue weighted by molar-refractivity contribution is -0.00408. The summed E-state index contributed by atoms with van der Waals surface area (Å²) in [6.45, 7) is 1.26. The molecule has 2 N–H and O–H groups in total. The highest BCUT2D eigenvalue weighted by Gasteiger charge is 2.24. The summed E-state index contributed by atoms with van der Waals surface area (Å²) in [5.74, 6) is -0.0142. The normalized spacial score (nSPS) is 19.8. The molecule has 2 heterocycles. The molecule has 0 saturated heterocycles. The van der Waals surface area contributed by atoms with Gasteiger partial charge in [0.05, 0.1) is 29.7 Å². The van der Waals surface area contributed by atoms with Crippen LogP contribution in [0.25, 0.3) is 21.3 Å². The maximum Gasteiger partial charge on any atom is 0.252 e. The molecule has 0 bridgehead atoms. The van der Waals surface area contributed by atoms with Crippen molar-refractivity contribution in [3.8, 4) is 10.4 Å². The van der Waals surface area contributed by atoms with Crippen molar-refractivity contribution < 1.29 is 14.3 Å². The molecule has 28 heavy (non-hydrogen) atoms. The molecule has 1 aliphatic rings. The molecule has 148 valence electrons. The number of amides is 1. The van der Waals surface area contributed by atoms with Crippen molar-refractivity contribution in [2.45, 2.75) is 37.8 Å². The zero-order valence-corrected chi connectivity index (χ0v) is 16.8. The minimum Gasteiger partial charge on any atom is -0.382 e. The number of methoxy groups -OCH3 is 1. The summed E-state index contributed by atoms with van der Waals surface area (Å²) in [7, 11) is 1.68. The van der Waals surface area contributed by atoms with Crippen LogP contribution in [0.15, 0.2) is 36.1 Å². The fourth-order valence-electron chi connectivity index (χ4n) is 3.79. The molecule has 1 aliphatic carbocycles. The molecule has 0 unspecified atom stereocenters. The molecule has 1 saturated carbocycles. The number of H-pyrrole nitrogens is 1. The molecule has 0 aliphatic heterocycles. The first-order chi connectivity index (χ1) is 13.7. The van der Waals surface area contributed by atoms with Gasteiger partial charge in [0, 0.05) is 42.0 Å². The van der Waals surface area contributed by atoms with Crippen LogP contribution < -0.4 is 5.32 Å². The highest BCUT2D eigenvalue weighted by atomic mass is 32.1. The lowest BCUT2D eigenvalue weighted by atomic mass is 9.92. The van der Waals surface area contributed by atoms with Crippen molar-refractivity contribution in [2.75, 3.05) is 20.3 Å². The number of fused-ring (bicyclic) bond motifs is 1. The lowest BCUT2D eigenvalue weighted by Crippen LogP contribution is -2.39. The van der Waals surface area contributed by atoms with Gasteiger partial charge in [-0.3, -0.25) is 9.78 Å². The van der Waals surface area contributed by atoms with E-state index < -0.39 is 0 Å². The summed E-state index contributed by atoms with van der Waals surface area (Å²) in [5, 5.41) is 4.18. The Kier molecular flexibility index (Phi) is 6.04. The standard InChI is InChI=1S/C21H25N3O3S/c1-26-8-9-27-16-4-2-15(3-5-16)24-21(25)18-10-14(20-12-22-13-28-20)11-19-17(18)6-7-23-19/h6-7,10-13,15-16,23H,2-5,8-9H2,1H3,(H,24,25). The number of rotatable bonds is 7. The summed E-state index contributed by atoms with van der Waals surface area (Å²) in [6, 6.07) is 6.19. The highest BCUT2D eigenvalue weighted by molar-refractivity contribution is 7.13. The first-order valence-corrected chi connectivity index (χ1v) is 10.5.